The van der Waals surface area contributed by atoms with Gasteiger partial charge in [-0.05, 0) is 50.6 Å². The van der Waals surface area contributed by atoms with Gasteiger partial charge < -0.3 is 19.3 Å². The fourth-order valence-electron chi connectivity index (χ4n) is 3.85. The molecule has 1 aliphatic rings. The van der Waals surface area contributed by atoms with Gasteiger partial charge in [-0.15, -0.1) is 0 Å². The number of rotatable bonds is 8. The quantitative estimate of drug-likeness (QED) is 0.679. The van der Waals surface area contributed by atoms with Gasteiger partial charge in [0.05, 0.1) is 20.8 Å². The van der Waals surface area contributed by atoms with Crippen molar-refractivity contribution in [3.05, 3.63) is 47.5 Å². The lowest BCUT2D eigenvalue weighted by Crippen LogP contribution is -2.38. The third kappa shape index (κ3) is 4.82. The van der Waals surface area contributed by atoms with E-state index in [2.05, 4.69) is 4.90 Å². The molecule has 0 amide bonds. The molecule has 1 saturated heterocycles. The van der Waals surface area contributed by atoms with E-state index in [0.29, 0.717) is 42.5 Å². The third-order valence-electron chi connectivity index (χ3n) is 5.32. The molecule has 1 N–H and O–H groups in total. The Morgan fingerprint density at radius 3 is 2.66 bits per heavy atom. The van der Waals surface area contributed by atoms with Gasteiger partial charge in [0.15, 0.2) is 28.8 Å². The average Bonchev–Trinajstić information content (AvgIpc) is 2.76. The zero-order valence-corrected chi connectivity index (χ0v) is 17.3. The lowest BCUT2D eigenvalue weighted by atomic mass is 9.89. The van der Waals surface area contributed by atoms with Crippen LogP contribution < -0.4 is 14.2 Å². The molecule has 0 aliphatic carbocycles. The predicted molar refractivity (Wildman–Crippen MR) is 111 cm³/mol. The Bertz CT molecular complexity index is 851. The van der Waals surface area contributed by atoms with Crippen LogP contribution in [-0.4, -0.2) is 49.7 Å². The first-order chi connectivity index (χ1) is 14.1. The predicted octanol–water partition coefficient (Wildman–Crippen LogP) is 3.90. The molecule has 2 aromatic carbocycles. The Hall–Kier alpha value is -2.73. The van der Waals surface area contributed by atoms with Crippen LogP contribution in [0.2, 0.25) is 0 Å². The lowest BCUT2D eigenvalue weighted by molar-refractivity contribution is 0.0810. The Morgan fingerprint density at radius 2 is 1.93 bits per heavy atom. The second-order valence-corrected chi connectivity index (χ2v) is 7.21. The highest BCUT2D eigenvalue weighted by Crippen LogP contribution is 2.33. The summed E-state index contributed by atoms with van der Waals surface area (Å²) in [5.74, 6) is 1.88. The first-order valence-corrected chi connectivity index (χ1v) is 9.99. The summed E-state index contributed by atoms with van der Waals surface area (Å²) < 4.78 is 16.1. The van der Waals surface area contributed by atoms with E-state index in [0.717, 1.165) is 24.9 Å². The Morgan fingerprint density at radius 1 is 1.14 bits per heavy atom. The van der Waals surface area contributed by atoms with Crippen molar-refractivity contribution in [2.45, 2.75) is 26.3 Å². The maximum atomic E-state index is 13.1. The molecule has 1 aliphatic heterocycles. The summed E-state index contributed by atoms with van der Waals surface area (Å²) in [6.45, 7) is 4.53. The number of aromatic hydroxyl groups is 1. The maximum Gasteiger partial charge on any atom is 0.167 e. The molecule has 1 heterocycles. The number of likely N-dealkylation sites (tertiary alicyclic amines) is 1. The molecular weight excluding hydrogens is 370 g/mol. The van der Waals surface area contributed by atoms with Crippen LogP contribution in [0.5, 0.6) is 23.0 Å². The van der Waals surface area contributed by atoms with Crippen molar-refractivity contribution in [1.29, 1.82) is 0 Å². The monoisotopic (exact) mass is 399 g/mol. The number of piperidine rings is 1. The molecule has 156 valence electrons. The summed E-state index contributed by atoms with van der Waals surface area (Å²) in [6.07, 6.45) is 1.80. The van der Waals surface area contributed by atoms with Crippen LogP contribution >= 0.6 is 0 Å². The molecule has 0 bridgehead atoms. The largest absolute Gasteiger partial charge is 0.504 e. The normalized spacial score (nSPS) is 17.0. The van der Waals surface area contributed by atoms with Crippen molar-refractivity contribution in [3.63, 3.8) is 0 Å². The number of phenols is 1. The van der Waals surface area contributed by atoms with Crippen LogP contribution in [-0.2, 0) is 6.54 Å². The van der Waals surface area contributed by atoms with E-state index in [9.17, 15) is 9.90 Å². The topological polar surface area (TPSA) is 68.2 Å². The molecule has 1 atom stereocenters. The number of ether oxygens (including phenoxy) is 3. The number of Topliss-reactive ketones (excluding diaryl/α,β-unsaturated/α-hetero) is 1. The van der Waals surface area contributed by atoms with Crippen molar-refractivity contribution < 1.29 is 24.1 Å². The summed E-state index contributed by atoms with van der Waals surface area (Å²) >= 11 is 0. The zero-order valence-electron chi connectivity index (χ0n) is 17.3. The van der Waals surface area contributed by atoms with Gasteiger partial charge in [-0.1, -0.05) is 12.1 Å². The van der Waals surface area contributed by atoms with E-state index in [-0.39, 0.29) is 17.5 Å². The maximum absolute atomic E-state index is 13.1. The summed E-state index contributed by atoms with van der Waals surface area (Å²) in [6, 6.07) is 10.9. The standard InChI is InChI=1S/C23H29NO5/c1-4-29-20-9-5-7-18(23(20)26)15-24-12-6-8-17(14-24)22(25)16-10-11-19(27-2)21(13-16)28-3/h5,7,9-11,13,17,26H,4,6,8,12,14-15H2,1-3H3/t17-/m1/s1. The van der Waals surface area contributed by atoms with Gasteiger partial charge in [-0.2, -0.15) is 0 Å². The second-order valence-electron chi connectivity index (χ2n) is 7.21. The minimum atomic E-state index is -0.0842. The van der Waals surface area contributed by atoms with E-state index in [1.165, 1.54) is 0 Å². The fraction of sp³-hybridized carbons (Fsp3) is 0.435. The molecular formula is C23H29NO5. The number of hydrogen-bond donors (Lipinski definition) is 1. The van der Waals surface area contributed by atoms with Crippen LogP contribution in [0.15, 0.2) is 36.4 Å². The Balaban J connectivity index is 1.71. The van der Waals surface area contributed by atoms with Crippen LogP contribution in [0.3, 0.4) is 0 Å². The first-order valence-electron chi connectivity index (χ1n) is 9.99. The summed E-state index contributed by atoms with van der Waals surface area (Å²) in [5, 5.41) is 10.5. The second kappa shape index (κ2) is 9.65. The van der Waals surface area contributed by atoms with Gasteiger partial charge >= 0.3 is 0 Å². The van der Waals surface area contributed by atoms with Crippen molar-refractivity contribution >= 4 is 5.78 Å². The van der Waals surface area contributed by atoms with Gasteiger partial charge in [-0.25, -0.2) is 0 Å². The van der Waals surface area contributed by atoms with E-state index in [1.807, 2.05) is 19.1 Å². The molecule has 0 aromatic heterocycles. The number of benzene rings is 2. The number of carbonyl (C=O) groups excluding carboxylic acids is 1. The summed E-state index contributed by atoms with van der Waals surface area (Å²) in [4.78, 5) is 15.3. The third-order valence-corrected chi connectivity index (χ3v) is 5.32. The molecule has 0 radical (unpaired) electrons. The van der Waals surface area contributed by atoms with Crippen molar-refractivity contribution in [3.8, 4) is 23.0 Å². The number of methoxy groups -OCH3 is 2. The lowest BCUT2D eigenvalue weighted by Gasteiger charge is -2.32. The summed E-state index contributed by atoms with van der Waals surface area (Å²) in [5.41, 5.74) is 1.45. The first kappa shape index (κ1) is 21.0. The van der Waals surface area contributed by atoms with Gasteiger partial charge in [0.1, 0.15) is 0 Å². The Labute approximate surface area is 172 Å². The highest BCUT2D eigenvalue weighted by Gasteiger charge is 2.28. The van der Waals surface area contributed by atoms with Gasteiger partial charge in [0, 0.05) is 30.1 Å². The SMILES string of the molecule is CCOc1cccc(CN2CCC[C@@H](C(=O)c3ccc(OC)c(OC)c3)C2)c1O. The molecule has 6 heteroatoms. The number of ketones is 1. The van der Waals surface area contributed by atoms with E-state index in [1.54, 1.807) is 38.5 Å². The van der Waals surface area contributed by atoms with Crippen LogP contribution in [0, 0.1) is 5.92 Å². The van der Waals surface area contributed by atoms with E-state index in [4.69, 9.17) is 14.2 Å². The van der Waals surface area contributed by atoms with Crippen LogP contribution in [0.4, 0.5) is 0 Å². The highest BCUT2D eigenvalue weighted by atomic mass is 16.5. The zero-order chi connectivity index (χ0) is 20.8. The number of nitrogens with zero attached hydrogens (tertiary/aromatic N) is 1. The van der Waals surface area contributed by atoms with Crippen LogP contribution in [0.1, 0.15) is 35.7 Å². The highest BCUT2D eigenvalue weighted by molar-refractivity contribution is 5.98. The molecule has 29 heavy (non-hydrogen) atoms. The average molecular weight is 399 g/mol. The number of para-hydroxylation sites is 1. The molecule has 0 unspecified atom stereocenters. The van der Waals surface area contributed by atoms with E-state index >= 15 is 0 Å². The van der Waals surface area contributed by atoms with Crippen LogP contribution in [0.25, 0.3) is 0 Å². The summed E-state index contributed by atoms with van der Waals surface area (Å²) in [7, 11) is 3.14. The van der Waals surface area contributed by atoms with E-state index < -0.39 is 0 Å². The molecule has 0 spiro atoms. The number of phenolic OH excluding ortho intramolecular Hbond substituents is 1. The fourth-order valence-corrected chi connectivity index (χ4v) is 3.85. The van der Waals surface area contributed by atoms with Gasteiger partial charge in [-0.3, -0.25) is 9.69 Å². The molecule has 6 nitrogen and oxygen atoms in total. The van der Waals surface area contributed by atoms with Crippen molar-refractivity contribution in [2.75, 3.05) is 33.9 Å². The smallest absolute Gasteiger partial charge is 0.167 e. The van der Waals surface area contributed by atoms with Crippen molar-refractivity contribution in [2.24, 2.45) is 5.92 Å². The Kier molecular flexibility index (Phi) is 6.99. The van der Waals surface area contributed by atoms with Gasteiger partial charge in [0.2, 0.25) is 0 Å². The number of hydrogen-bond acceptors (Lipinski definition) is 6. The molecule has 3 rings (SSSR count). The van der Waals surface area contributed by atoms with Crippen molar-refractivity contribution in [1.82, 2.24) is 4.90 Å². The minimum Gasteiger partial charge on any atom is -0.504 e. The minimum absolute atomic E-state index is 0.0842. The number of carbonyl (C=O) groups is 1. The molecule has 2 aromatic rings. The molecule has 1 fully saturated rings. The van der Waals surface area contributed by atoms with Gasteiger partial charge in [0.25, 0.3) is 0 Å². The molecule has 0 saturated carbocycles.